The molecule has 5 heteroatoms. The lowest BCUT2D eigenvalue weighted by Gasteiger charge is -2.26. The predicted octanol–water partition coefficient (Wildman–Crippen LogP) is 2.64. The van der Waals surface area contributed by atoms with Crippen molar-refractivity contribution >= 4 is 6.03 Å². The van der Waals surface area contributed by atoms with Crippen molar-refractivity contribution in [2.75, 3.05) is 7.05 Å². The van der Waals surface area contributed by atoms with Crippen molar-refractivity contribution in [3.8, 4) is 0 Å². The fourth-order valence-electron chi connectivity index (χ4n) is 3.04. The van der Waals surface area contributed by atoms with Gasteiger partial charge in [-0.1, -0.05) is 30.3 Å². The van der Waals surface area contributed by atoms with Gasteiger partial charge in [-0.25, -0.2) is 4.79 Å². The zero-order valence-corrected chi connectivity index (χ0v) is 13.1. The van der Waals surface area contributed by atoms with Gasteiger partial charge >= 0.3 is 6.03 Å². The van der Waals surface area contributed by atoms with Crippen LogP contribution in [0.15, 0.2) is 36.5 Å². The molecule has 0 spiro atoms. The summed E-state index contributed by atoms with van der Waals surface area (Å²) >= 11 is 0. The van der Waals surface area contributed by atoms with Gasteiger partial charge in [0.05, 0.1) is 12.2 Å². The molecule has 0 aliphatic heterocycles. The van der Waals surface area contributed by atoms with Gasteiger partial charge in [0.15, 0.2) is 0 Å². The van der Waals surface area contributed by atoms with Crippen LogP contribution in [0.4, 0.5) is 4.79 Å². The molecule has 0 bridgehead atoms. The molecule has 0 saturated heterocycles. The van der Waals surface area contributed by atoms with Gasteiger partial charge in [-0.05, 0) is 24.8 Å². The normalized spacial score (nSPS) is 16.9. The molecule has 1 heterocycles. The molecule has 116 valence electrons. The number of aromatic nitrogens is 2. The number of hydrogen-bond acceptors (Lipinski definition) is 2. The van der Waals surface area contributed by atoms with E-state index in [0.29, 0.717) is 6.54 Å². The molecule has 1 atom stereocenters. The van der Waals surface area contributed by atoms with Gasteiger partial charge in [0.1, 0.15) is 0 Å². The molecular formula is C17H22N4O. The Balaban J connectivity index is 1.65. The molecule has 1 aliphatic rings. The molecule has 5 nitrogen and oxygen atoms in total. The lowest BCUT2D eigenvalue weighted by atomic mass is 9.93. The van der Waals surface area contributed by atoms with E-state index in [0.717, 1.165) is 30.4 Å². The lowest BCUT2D eigenvalue weighted by Crippen LogP contribution is -2.39. The summed E-state index contributed by atoms with van der Waals surface area (Å²) < 4.78 is 1.92. The van der Waals surface area contributed by atoms with Crippen molar-refractivity contribution in [3.63, 3.8) is 0 Å². The third kappa shape index (κ3) is 2.98. The molecule has 0 saturated carbocycles. The second kappa shape index (κ2) is 6.22. The summed E-state index contributed by atoms with van der Waals surface area (Å²) in [6.07, 6.45) is 4.98. The second-order valence-electron chi connectivity index (χ2n) is 5.91. The summed E-state index contributed by atoms with van der Waals surface area (Å²) in [4.78, 5) is 14.1. The summed E-state index contributed by atoms with van der Waals surface area (Å²) in [6.45, 7) is 0.610. The number of rotatable bonds is 3. The van der Waals surface area contributed by atoms with Crippen molar-refractivity contribution in [1.29, 1.82) is 0 Å². The van der Waals surface area contributed by atoms with Crippen LogP contribution >= 0.6 is 0 Å². The summed E-state index contributed by atoms with van der Waals surface area (Å²) in [5.74, 6) is 0. The number of amides is 2. The van der Waals surface area contributed by atoms with Gasteiger partial charge in [0, 0.05) is 31.9 Å². The standard InChI is InChI=1S/C17H22N4O/c1-20(12-13-7-4-3-5-8-13)17(22)19-15-9-6-10-16-14(15)11-18-21(16)2/h3-5,7-8,11,15H,6,9-10,12H2,1-2H3,(H,19,22)/t15-/m1/s1. The smallest absolute Gasteiger partial charge is 0.317 e. The molecular weight excluding hydrogens is 276 g/mol. The Morgan fingerprint density at radius 3 is 2.95 bits per heavy atom. The van der Waals surface area contributed by atoms with Crippen LogP contribution in [0, 0.1) is 0 Å². The number of nitrogens with zero attached hydrogens (tertiary/aromatic N) is 3. The van der Waals surface area contributed by atoms with E-state index in [1.165, 1.54) is 5.69 Å². The van der Waals surface area contributed by atoms with E-state index in [2.05, 4.69) is 10.4 Å². The van der Waals surface area contributed by atoms with Crippen LogP contribution in [-0.4, -0.2) is 27.8 Å². The van der Waals surface area contributed by atoms with E-state index in [-0.39, 0.29) is 12.1 Å². The summed E-state index contributed by atoms with van der Waals surface area (Å²) in [5.41, 5.74) is 3.53. The maximum atomic E-state index is 12.4. The van der Waals surface area contributed by atoms with Gasteiger partial charge in [0.25, 0.3) is 0 Å². The van der Waals surface area contributed by atoms with Gasteiger partial charge in [0.2, 0.25) is 0 Å². The first-order chi connectivity index (χ1) is 10.6. The first kappa shape index (κ1) is 14.6. The predicted molar refractivity (Wildman–Crippen MR) is 85.3 cm³/mol. The Bertz CT molecular complexity index is 650. The van der Waals surface area contributed by atoms with Crippen molar-refractivity contribution in [3.05, 3.63) is 53.3 Å². The SMILES string of the molecule is CN(Cc1ccccc1)C(=O)N[C@@H]1CCCc2c1cnn2C. The number of hydrogen-bond donors (Lipinski definition) is 1. The highest BCUT2D eigenvalue weighted by atomic mass is 16.2. The minimum atomic E-state index is -0.0365. The van der Waals surface area contributed by atoms with Crippen LogP contribution in [-0.2, 0) is 20.0 Å². The quantitative estimate of drug-likeness (QED) is 0.947. The summed E-state index contributed by atoms with van der Waals surface area (Å²) in [5, 5.41) is 7.46. The average molecular weight is 298 g/mol. The second-order valence-corrected chi connectivity index (χ2v) is 5.91. The van der Waals surface area contributed by atoms with Crippen LogP contribution in [0.5, 0.6) is 0 Å². The molecule has 1 aromatic carbocycles. The highest BCUT2D eigenvalue weighted by Gasteiger charge is 2.25. The number of fused-ring (bicyclic) bond motifs is 1. The van der Waals surface area contributed by atoms with Crippen LogP contribution in [0.3, 0.4) is 0 Å². The summed E-state index contributed by atoms with van der Waals surface area (Å²) in [7, 11) is 3.79. The number of carbonyl (C=O) groups is 1. The largest absolute Gasteiger partial charge is 0.331 e. The van der Waals surface area contributed by atoms with Gasteiger partial charge in [-0.15, -0.1) is 0 Å². The van der Waals surface area contributed by atoms with Crippen molar-refractivity contribution in [1.82, 2.24) is 20.0 Å². The fraction of sp³-hybridized carbons (Fsp3) is 0.412. The number of benzene rings is 1. The Kier molecular flexibility index (Phi) is 4.13. The molecule has 0 radical (unpaired) electrons. The average Bonchev–Trinajstić information content (AvgIpc) is 2.91. The monoisotopic (exact) mass is 298 g/mol. The van der Waals surface area contributed by atoms with Crippen molar-refractivity contribution < 1.29 is 4.79 Å². The highest BCUT2D eigenvalue weighted by Crippen LogP contribution is 2.29. The highest BCUT2D eigenvalue weighted by molar-refractivity contribution is 5.74. The van der Waals surface area contributed by atoms with Gasteiger partial charge in [-0.2, -0.15) is 5.10 Å². The minimum absolute atomic E-state index is 0.0365. The molecule has 1 N–H and O–H groups in total. The van der Waals surface area contributed by atoms with Gasteiger partial charge in [-0.3, -0.25) is 4.68 Å². The number of carbonyl (C=O) groups excluding carboxylic acids is 1. The summed E-state index contributed by atoms with van der Waals surface area (Å²) in [6, 6.07) is 10.1. The number of aryl methyl sites for hydroxylation is 1. The first-order valence-electron chi connectivity index (χ1n) is 7.71. The lowest BCUT2D eigenvalue weighted by molar-refractivity contribution is 0.201. The topological polar surface area (TPSA) is 50.2 Å². The fourth-order valence-corrected chi connectivity index (χ4v) is 3.04. The molecule has 3 rings (SSSR count). The number of urea groups is 1. The van der Waals surface area contributed by atoms with Gasteiger partial charge < -0.3 is 10.2 Å². The van der Waals surface area contributed by atoms with Crippen LogP contribution < -0.4 is 5.32 Å². The third-order valence-electron chi connectivity index (χ3n) is 4.28. The van der Waals surface area contributed by atoms with E-state index in [1.54, 1.807) is 4.90 Å². The molecule has 0 unspecified atom stereocenters. The molecule has 2 amide bonds. The Morgan fingerprint density at radius 1 is 1.41 bits per heavy atom. The van der Waals surface area contributed by atoms with E-state index in [1.807, 2.05) is 55.3 Å². The molecule has 1 aliphatic carbocycles. The molecule has 2 aromatic rings. The van der Waals surface area contributed by atoms with E-state index in [9.17, 15) is 4.79 Å². The van der Waals surface area contributed by atoms with Crippen molar-refractivity contribution in [2.24, 2.45) is 7.05 Å². The minimum Gasteiger partial charge on any atom is -0.331 e. The Labute approximate surface area is 130 Å². The molecule has 22 heavy (non-hydrogen) atoms. The number of nitrogens with one attached hydrogen (secondary N) is 1. The van der Waals surface area contributed by atoms with E-state index < -0.39 is 0 Å². The Hall–Kier alpha value is -2.30. The van der Waals surface area contributed by atoms with Crippen LogP contribution in [0.1, 0.15) is 35.7 Å². The first-order valence-corrected chi connectivity index (χ1v) is 7.71. The van der Waals surface area contributed by atoms with E-state index in [4.69, 9.17) is 0 Å². The van der Waals surface area contributed by atoms with Crippen molar-refractivity contribution in [2.45, 2.75) is 31.8 Å². The maximum Gasteiger partial charge on any atom is 0.317 e. The molecule has 1 aromatic heterocycles. The third-order valence-corrected chi connectivity index (χ3v) is 4.28. The van der Waals surface area contributed by atoms with E-state index >= 15 is 0 Å². The Morgan fingerprint density at radius 2 is 2.18 bits per heavy atom. The van der Waals surface area contributed by atoms with Crippen LogP contribution in [0.25, 0.3) is 0 Å². The zero-order chi connectivity index (χ0) is 15.5. The van der Waals surface area contributed by atoms with Crippen LogP contribution in [0.2, 0.25) is 0 Å². The zero-order valence-electron chi connectivity index (χ0n) is 13.1. The molecule has 0 fully saturated rings. The maximum absolute atomic E-state index is 12.4.